The lowest BCUT2D eigenvalue weighted by Gasteiger charge is -2.36. The molecule has 1 aliphatic heterocycles. The number of rotatable bonds is 3. The van der Waals surface area contributed by atoms with Crippen LogP contribution >= 0.6 is 0 Å². The fraction of sp³-hybridized carbons (Fsp3) is 0.786. The number of amides is 2. The van der Waals surface area contributed by atoms with Crippen LogP contribution in [0.25, 0.3) is 0 Å². The van der Waals surface area contributed by atoms with Gasteiger partial charge in [-0.05, 0) is 39.5 Å². The molecule has 1 fully saturated rings. The SMILES string of the molecule is C[C@H]1CCN(C(=O)CNC(=O)OC(C)(C)C)[C@H](C(=O)O)C1. The van der Waals surface area contributed by atoms with Crippen LogP contribution in [0.3, 0.4) is 0 Å². The number of ether oxygens (including phenoxy) is 1. The minimum atomic E-state index is -1.01. The normalized spacial score (nSPS) is 22.6. The largest absolute Gasteiger partial charge is 0.480 e. The Morgan fingerprint density at radius 2 is 1.95 bits per heavy atom. The Balaban J connectivity index is 2.54. The topological polar surface area (TPSA) is 95.9 Å². The summed E-state index contributed by atoms with van der Waals surface area (Å²) in [7, 11) is 0. The summed E-state index contributed by atoms with van der Waals surface area (Å²) in [6.07, 6.45) is 0.517. The predicted octanol–water partition coefficient (Wildman–Crippen LogP) is 1.22. The van der Waals surface area contributed by atoms with Crippen molar-refractivity contribution in [3.05, 3.63) is 0 Å². The van der Waals surface area contributed by atoms with Crippen LogP contribution in [0, 0.1) is 5.92 Å². The first-order chi connectivity index (χ1) is 9.60. The Labute approximate surface area is 124 Å². The molecule has 21 heavy (non-hydrogen) atoms. The van der Waals surface area contributed by atoms with Gasteiger partial charge in [-0.3, -0.25) is 4.79 Å². The van der Waals surface area contributed by atoms with Gasteiger partial charge in [0.1, 0.15) is 18.2 Å². The maximum Gasteiger partial charge on any atom is 0.408 e. The van der Waals surface area contributed by atoms with Gasteiger partial charge >= 0.3 is 12.1 Å². The molecule has 1 heterocycles. The third-order valence-electron chi connectivity index (χ3n) is 3.25. The summed E-state index contributed by atoms with van der Waals surface area (Å²) in [5.74, 6) is -1.14. The molecule has 0 aromatic carbocycles. The Kier molecular flexibility index (Phi) is 5.57. The van der Waals surface area contributed by atoms with Gasteiger partial charge in [0.15, 0.2) is 0 Å². The monoisotopic (exact) mass is 300 g/mol. The van der Waals surface area contributed by atoms with Gasteiger partial charge in [-0.25, -0.2) is 9.59 Å². The minimum Gasteiger partial charge on any atom is -0.480 e. The van der Waals surface area contributed by atoms with Crippen LogP contribution in [0.2, 0.25) is 0 Å². The highest BCUT2D eigenvalue weighted by molar-refractivity contribution is 5.87. The Bertz CT molecular complexity index is 416. The first kappa shape index (κ1) is 17.3. The van der Waals surface area contributed by atoms with Crippen molar-refractivity contribution < 1.29 is 24.2 Å². The van der Waals surface area contributed by atoms with Gasteiger partial charge in [0.2, 0.25) is 5.91 Å². The van der Waals surface area contributed by atoms with Gasteiger partial charge in [0.25, 0.3) is 0 Å². The first-order valence-corrected chi connectivity index (χ1v) is 7.09. The van der Waals surface area contributed by atoms with E-state index in [9.17, 15) is 19.5 Å². The number of hydrogen-bond donors (Lipinski definition) is 2. The van der Waals surface area contributed by atoms with Gasteiger partial charge in [-0.2, -0.15) is 0 Å². The second-order valence-electron chi connectivity index (χ2n) is 6.43. The molecule has 0 aromatic rings. The third kappa shape index (κ3) is 5.61. The molecule has 1 saturated heterocycles. The first-order valence-electron chi connectivity index (χ1n) is 7.09. The number of carboxylic acids is 1. The van der Waals surface area contributed by atoms with Crippen LogP contribution in [-0.4, -0.2) is 52.7 Å². The van der Waals surface area contributed by atoms with Crippen molar-refractivity contribution in [1.29, 1.82) is 0 Å². The zero-order valence-corrected chi connectivity index (χ0v) is 13.0. The molecule has 0 saturated carbocycles. The molecule has 7 heteroatoms. The molecule has 0 aliphatic carbocycles. The summed E-state index contributed by atoms with van der Waals surface area (Å²) in [6, 6.07) is -0.818. The van der Waals surface area contributed by atoms with Crippen molar-refractivity contribution in [2.24, 2.45) is 5.92 Å². The third-order valence-corrected chi connectivity index (χ3v) is 3.25. The van der Waals surface area contributed by atoms with E-state index in [1.165, 1.54) is 4.90 Å². The standard InChI is InChI=1S/C14H24N2O5/c1-9-5-6-16(10(7-9)12(18)19)11(17)8-15-13(20)21-14(2,3)4/h9-10H,5-8H2,1-4H3,(H,15,20)(H,18,19)/t9-,10-/m0/s1. The molecular formula is C14H24N2O5. The van der Waals surface area contributed by atoms with Crippen LogP contribution in [-0.2, 0) is 14.3 Å². The number of alkyl carbamates (subject to hydrolysis) is 1. The fourth-order valence-electron chi connectivity index (χ4n) is 2.24. The molecule has 2 N–H and O–H groups in total. The van der Waals surface area contributed by atoms with E-state index < -0.39 is 29.6 Å². The molecule has 1 aliphatic rings. The molecule has 7 nitrogen and oxygen atoms in total. The van der Waals surface area contributed by atoms with E-state index in [0.717, 1.165) is 6.42 Å². The minimum absolute atomic E-state index is 0.257. The molecule has 0 spiro atoms. The Morgan fingerprint density at radius 3 is 2.48 bits per heavy atom. The highest BCUT2D eigenvalue weighted by atomic mass is 16.6. The fourth-order valence-corrected chi connectivity index (χ4v) is 2.24. The smallest absolute Gasteiger partial charge is 0.408 e. The van der Waals surface area contributed by atoms with Gasteiger partial charge in [0, 0.05) is 6.54 Å². The average Bonchev–Trinajstić information content (AvgIpc) is 2.33. The second kappa shape index (κ2) is 6.78. The molecule has 0 radical (unpaired) electrons. The van der Waals surface area contributed by atoms with E-state index in [1.54, 1.807) is 20.8 Å². The van der Waals surface area contributed by atoms with Crippen molar-refractivity contribution in [1.82, 2.24) is 10.2 Å². The molecule has 1 rings (SSSR count). The van der Waals surface area contributed by atoms with Crippen LogP contribution in [0.5, 0.6) is 0 Å². The van der Waals surface area contributed by atoms with Crippen molar-refractivity contribution in [2.75, 3.05) is 13.1 Å². The summed E-state index contributed by atoms with van der Waals surface area (Å²) in [5, 5.41) is 11.6. The van der Waals surface area contributed by atoms with Gasteiger partial charge in [-0.1, -0.05) is 6.92 Å². The second-order valence-corrected chi connectivity index (χ2v) is 6.43. The molecule has 0 unspecified atom stereocenters. The van der Waals surface area contributed by atoms with Crippen LogP contribution in [0.15, 0.2) is 0 Å². The summed E-state index contributed by atoms with van der Waals surface area (Å²) in [5.41, 5.74) is -0.642. The zero-order chi connectivity index (χ0) is 16.2. The van der Waals surface area contributed by atoms with Crippen LogP contribution in [0.1, 0.15) is 40.5 Å². The van der Waals surface area contributed by atoms with E-state index in [4.69, 9.17) is 4.74 Å². The van der Waals surface area contributed by atoms with Crippen molar-refractivity contribution in [3.63, 3.8) is 0 Å². The number of aliphatic carboxylic acids is 1. The molecule has 120 valence electrons. The predicted molar refractivity (Wildman–Crippen MR) is 75.8 cm³/mol. The van der Waals surface area contributed by atoms with Crippen molar-refractivity contribution >= 4 is 18.0 Å². The number of carbonyl (C=O) groups excluding carboxylic acids is 2. The van der Waals surface area contributed by atoms with Crippen molar-refractivity contribution in [2.45, 2.75) is 52.2 Å². The molecule has 0 bridgehead atoms. The molecule has 2 atom stereocenters. The van der Waals surface area contributed by atoms with E-state index in [2.05, 4.69) is 5.32 Å². The number of nitrogens with one attached hydrogen (secondary N) is 1. The number of nitrogens with zero attached hydrogens (tertiary/aromatic N) is 1. The average molecular weight is 300 g/mol. The number of piperidine rings is 1. The van der Waals surface area contributed by atoms with Crippen LogP contribution < -0.4 is 5.32 Å². The van der Waals surface area contributed by atoms with E-state index in [1.807, 2.05) is 6.92 Å². The Hall–Kier alpha value is -1.79. The van der Waals surface area contributed by atoms with E-state index in [-0.39, 0.29) is 12.5 Å². The van der Waals surface area contributed by atoms with Gasteiger partial charge in [-0.15, -0.1) is 0 Å². The lowest BCUT2D eigenvalue weighted by atomic mass is 9.92. The summed E-state index contributed by atoms with van der Waals surface area (Å²) >= 11 is 0. The molecule has 2 amide bonds. The number of carbonyl (C=O) groups is 3. The summed E-state index contributed by atoms with van der Waals surface area (Å²) < 4.78 is 5.03. The van der Waals surface area contributed by atoms with Gasteiger partial charge < -0.3 is 20.1 Å². The maximum atomic E-state index is 12.1. The maximum absolute atomic E-state index is 12.1. The highest BCUT2D eigenvalue weighted by Gasteiger charge is 2.34. The highest BCUT2D eigenvalue weighted by Crippen LogP contribution is 2.22. The Morgan fingerprint density at radius 1 is 1.33 bits per heavy atom. The van der Waals surface area contributed by atoms with Crippen LogP contribution in [0.4, 0.5) is 4.79 Å². The lowest BCUT2D eigenvalue weighted by Crippen LogP contribution is -2.52. The molecule has 0 aromatic heterocycles. The number of hydrogen-bond acceptors (Lipinski definition) is 4. The lowest BCUT2D eigenvalue weighted by molar-refractivity contribution is -0.152. The van der Waals surface area contributed by atoms with E-state index >= 15 is 0 Å². The van der Waals surface area contributed by atoms with Crippen molar-refractivity contribution in [3.8, 4) is 0 Å². The number of likely N-dealkylation sites (tertiary alicyclic amines) is 1. The zero-order valence-electron chi connectivity index (χ0n) is 13.0. The summed E-state index contributed by atoms with van der Waals surface area (Å²) in [4.78, 5) is 36.1. The van der Waals surface area contributed by atoms with E-state index in [0.29, 0.717) is 13.0 Å². The quantitative estimate of drug-likeness (QED) is 0.817. The van der Waals surface area contributed by atoms with Gasteiger partial charge in [0.05, 0.1) is 0 Å². The molecular weight excluding hydrogens is 276 g/mol. The summed E-state index contributed by atoms with van der Waals surface area (Å²) in [6.45, 7) is 7.28. The number of carboxylic acid groups (broad SMARTS) is 1.